The Labute approximate surface area is 169 Å². The molecule has 0 amide bonds. The molecule has 5 rings (SSSR count). The molecule has 26 heavy (non-hydrogen) atoms. The van der Waals surface area contributed by atoms with Gasteiger partial charge in [-0.2, -0.15) is 11.2 Å². The number of hydrogen-bond donors (Lipinski definition) is 0. The summed E-state index contributed by atoms with van der Waals surface area (Å²) in [6.45, 7) is 0. The first-order chi connectivity index (χ1) is 12.8. The van der Waals surface area contributed by atoms with E-state index < -0.39 is 17.0 Å². The van der Waals surface area contributed by atoms with E-state index in [1.807, 2.05) is 35.2 Å². The minimum absolute atomic E-state index is 0.556. The van der Waals surface area contributed by atoms with Crippen LogP contribution in [0.5, 0.6) is 0 Å². The number of benzene rings is 2. The Morgan fingerprint density at radius 2 is 1.77 bits per heavy atom. The van der Waals surface area contributed by atoms with E-state index in [4.69, 9.17) is 18.6 Å². The van der Waals surface area contributed by atoms with Gasteiger partial charge in [-0.3, -0.25) is 10.8 Å². The molecule has 0 saturated carbocycles. The second-order valence-corrected chi connectivity index (χ2v) is 8.11. The topological polar surface area (TPSA) is 17.8 Å². The molecule has 3 aromatic carbocycles. The molecule has 130 valence electrons. The Balaban J connectivity index is 0.000000207. The van der Waals surface area contributed by atoms with E-state index in [-0.39, 0.29) is 0 Å². The van der Waals surface area contributed by atoms with Crippen LogP contribution in [0.1, 0.15) is 6.42 Å². The molecule has 4 aromatic rings. The fourth-order valence-electron chi connectivity index (χ4n) is 2.77. The van der Waals surface area contributed by atoms with Crippen molar-refractivity contribution in [3.8, 4) is 5.69 Å². The third kappa shape index (κ3) is 4.72. The molecule has 1 aliphatic rings. The Morgan fingerprint density at radius 3 is 2.42 bits per heavy atom. The molecule has 0 fully saturated rings. The molecule has 1 heterocycles. The van der Waals surface area contributed by atoms with Crippen molar-refractivity contribution in [3.63, 3.8) is 0 Å². The first-order valence-corrected chi connectivity index (χ1v) is 12.4. The van der Waals surface area contributed by atoms with Gasteiger partial charge in [0.15, 0.2) is 0 Å². The van der Waals surface area contributed by atoms with Crippen LogP contribution >= 0.6 is 18.6 Å². The zero-order valence-corrected chi connectivity index (χ0v) is 17.0. The number of nitrogens with zero attached hydrogens (tertiary/aromatic N) is 2. The third-order valence-corrected chi connectivity index (χ3v) is 3.91. The minimum atomic E-state index is -0.556. The Bertz CT molecular complexity index is 988. The maximum Gasteiger partial charge on any atom is 0.0721 e. The number of hydrogen-bond acceptors (Lipinski definition) is 1. The average Bonchev–Trinajstić information content (AvgIpc) is 3.42. The molecule has 2 nitrogen and oxygen atoms in total. The van der Waals surface area contributed by atoms with Crippen LogP contribution in [-0.4, -0.2) is 9.78 Å². The summed E-state index contributed by atoms with van der Waals surface area (Å²) in [5.74, 6) is 0. The second-order valence-electron chi connectivity index (χ2n) is 5.53. The summed E-state index contributed by atoms with van der Waals surface area (Å²) < 4.78 is 2.00. The molecule has 1 aliphatic carbocycles. The van der Waals surface area contributed by atoms with Crippen molar-refractivity contribution in [3.05, 3.63) is 91.2 Å². The van der Waals surface area contributed by atoms with Crippen molar-refractivity contribution in [2.45, 2.75) is 6.42 Å². The van der Waals surface area contributed by atoms with E-state index >= 15 is 0 Å². The van der Waals surface area contributed by atoms with Gasteiger partial charge in [0.1, 0.15) is 0 Å². The summed E-state index contributed by atoms with van der Waals surface area (Å²) in [7, 11) is 9.78. The number of aromatic nitrogens is 2. The van der Waals surface area contributed by atoms with Gasteiger partial charge in [-0.1, -0.05) is 24.3 Å². The largest absolute Gasteiger partial charge is 0.252 e. The maximum absolute atomic E-state index is 4.89. The van der Waals surface area contributed by atoms with Crippen LogP contribution in [0.3, 0.4) is 0 Å². The number of para-hydroxylation sites is 1. The van der Waals surface area contributed by atoms with Gasteiger partial charge in [-0.15, -0.1) is 47.5 Å². The van der Waals surface area contributed by atoms with E-state index in [1.54, 1.807) is 0 Å². The minimum Gasteiger partial charge on any atom is -0.252 e. The van der Waals surface area contributed by atoms with Gasteiger partial charge in [0.05, 0.1) is 11.7 Å². The average molecular weight is 415 g/mol. The summed E-state index contributed by atoms with van der Waals surface area (Å²) in [6.07, 6.45) is 11.9. The zero-order valence-electron chi connectivity index (χ0n) is 13.9. The quantitative estimate of drug-likeness (QED) is 0.254. The van der Waals surface area contributed by atoms with E-state index in [9.17, 15) is 0 Å². The van der Waals surface area contributed by atoms with E-state index in [0.717, 1.165) is 17.6 Å². The van der Waals surface area contributed by atoms with Gasteiger partial charge in [-0.05, 0) is 11.8 Å². The van der Waals surface area contributed by atoms with E-state index in [0.29, 0.717) is 0 Å². The van der Waals surface area contributed by atoms with Crippen molar-refractivity contribution in [1.29, 1.82) is 0 Å². The predicted molar refractivity (Wildman–Crippen MR) is 107 cm³/mol. The smallest absolute Gasteiger partial charge is 0.0721 e. The molecule has 0 bridgehead atoms. The Morgan fingerprint density at radius 1 is 1.04 bits per heavy atom. The Hall–Kier alpha value is -1.71. The van der Waals surface area contributed by atoms with Gasteiger partial charge in [0.25, 0.3) is 0 Å². The molecule has 0 unspecified atom stereocenters. The van der Waals surface area contributed by atoms with Gasteiger partial charge in [-0.25, -0.2) is 12.2 Å². The van der Waals surface area contributed by atoms with Crippen LogP contribution in [0.4, 0.5) is 0 Å². The van der Waals surface area contributed by atoms with Gasteiger partial charge >= 0.3 is 35.6 Å². The van der Waals surface area contributed by atoms with Crippen molar-refractivity contribution < 1.29 is 17.0 Å². The summed E-state index contributed by atoms with van der Waals surface area (Å²) in [5.41, 5.74) is 2.27. The molecule has 0 N–H and O–H groups in total. The van der Waals surface area contributed by atoms with Gasteiger partial charge in [0, 0.05) is 5.39 Å². The summed E-state index contributed by atoms with van der Waals surface area (Å²) >= 11 is -0.556. The van der Waals surface area contributed by atoms with Crippen LogP contribution < -0.4 is 0 Å². The number of halogens is 2. The molecule has 0 saturated heterocycles. The van der Waals surface area contributed by atoms with Gasteiger partial charge < -0.3 is 0 Å². The molecular formula is C21H16Cl2N2Ti-2. The zero-order chi connectivity index (χ0) is 18.2. The number of fused-ring (bicyclic) bond motifs is 2. The first kappa shape index (κ1) is 19.1. The summed E-state index contributed by atoms with van der Waals surface area (Å²) in [4.78, 5) is 0. The van der Waals surface area contributed by atoms with E-state index in [1.165, 1.54) is 16.2 Å². The molecule has 1 aromatic heterocycles. The molecular weight excluding hydrogens is 399 g/mol. The van der Waals surface area contributed by atoms with Crippen LogP contribution in [0.15, 0.2) is 85.1 Å². The maximum atomic E-state index is 4.89. The molecule has 0 atom stereocenters. The fraction of sp³-hybridized carbons (Fsp3) is 0.0476. The molecule has 0 radical (unpaired) electrons. The predicted octanol–water partition coefficient (Wildman–Crippen LogP) is 6.58. The monoisotopic (exact) mass is 414 g/mol. The third-order valence-electron chi connectivity index (χ3n) is 3.91. The van der Waals surface area contributed by atoms with Gasteiger partial charge in [0.2, 0.25) is 0 Å². The van der Waals surface area contributed by atoms with Crippen LogP contribution in [0.25, 0.3) is 27.4 Å². The fourth-order valence-corrected chi connectivity index (χ4v) is 2.77. The van der Waals surface area contributed by atoms with Crippen LogP contribution in [0.2, 0.25) is 0 Å². The molecule has 0 aliphatic heterocycles. The molecule has 0 spiro atoms. The number of rotatable bonds is 1. The van der Waals surface area contributed by atoms with Crippen molar-refractivity contribution in [2.24, 2.45) is 0 Å². The van der Waals surface area contributed by atoms with Crippen molar-refractivity contribution >= 4 is 40.3 Å². The van der Waals surface area contributed by atoms with Crippen molar-refractivity contribution in [2.75, 3.05) is 0 Å². The standard InChI is InChI=1S/C16H11N2.C5H5.2ClH.Ti/c1-2-6-13-10-15(9-12(13)5-1)18-16-8-4-3-7-14(16)11-17-18;1-2-4-5-3-1;;;/h1-11H;1-3H,4H2;2*1H;/q2*-1;;;+2/p-2. The molecule has 5 heteroatoms. The van der Waals surface area contributed by atoms with E-state index in [2.05, 4.69) is 65.8 Å². The summed E-state index contributed by atoms with van der Waals surface area (Å²) in [6, 6.07) is 21.0. The van der Waals surface area contributed by atoms with Crippen molar-refractivity contribution in [1.82, 2.24) is 9.78 Å². The number of allylic oxidation sites excluding steroid dienone is 4. The first-order valence-electron chi connectivity index (χ1n) is 8.10. The van der Waals surface area contributed by atoms with Crippen LogP contribution in [0, 0.1) is 6.08 Å². The summed E-state index contributed by atoms with van der Waals surface area (Å²) in [5, 5.41) is 8.16. The van der Waals surface area contributed by atoms with Crippen LogP contribution in [-0.2, 0) is 17.0 Å². The second kappa shape index (κ2) is 9.84. The Kier molecular flexibility index (Phi) is 7.22. The SMILES string of the molecule is [C-]1=CC=CC1.[Cl][Ti][Cl].c1ccc2[cH-]c(-n3ncc4ccccc43)cc2c1. The normalized spacial score (nSPS) is 11.8.